The van der Waals surface area contributed by atoms with Gasteiger partial charge in [-0.1, -0.05) is 56.7 Å². The molecule has 2 saturated heterocycles. The normalized spacial score (nSPS) is 23.7. The number of rotatable bonds is 3. The average Bonchev–Trinajstić information content (AvgIpc) is 2.95. The Morgan fingerprint density at radius 1 is 1.23 bits per heavy atom. The van der Waals surface area contributed by atoms with Crippen molar-refractivity contribution in [3.05, 3.63) is 36.0 Å². The molecule has 2 heterocycles. The van der Waals surface area contributed by atoms with E-state index in [1.54, 1.807) is 11.9 Å². The second-order valence-corrected chi connectivity index (χ2v) is 7.25. The minimum atomic E-state index is -0.474. The van der Waals surface area contributed by atoms with E-state index >= 15 is 0 Å². The molecular formula is C24H42N4O3. The van der Waals surface area contributed by atoms with E-state index < -0.39 is 6.04 Å². The van der Waals surface area contributed by atoms with Crippen LogP contribution in [-0.2, 0) is 14.4 Å². The molecule has 7 nitrogen and oxygen atoms in total. The van der Waals surface area contributed by atoms with Crippen LogP contribution in [0.3, 0.4) is 0 Å². The molecule has 3 amide bonds. The number of nitrogens with zero attached hydrogens (tertiary/aromatic N) is 1. The zero-order chi connectivity index (χ0) is 23.6. The van der Waals surface area contributed by atoms with Crippen LogP contribution < -0.4 is 16.4 Å². The van der Waals surface area contributed by atoms with Gasteiger partial charge in [0.2, 0.25) is 18.2 Å². The summed E-state index contributed by atoms with van der Waals surface area (Å²) in [5, 5.41) is 5.17. The van der Waals surface area contributed by atoms with Gasteiger partial charge in [0.15, 0.2) is 0 Å². The summed E-state index contributed by atoms with van der Waals surface area (Å²) in [5.74, 6) is -0.228. The van der Waals surface area contributed by atoms with Gasteiger partial charge in [0, 0.05) is 13.1 Å². The third-order valence-corrected chi connectivity index (χ3v) is 5.09. The van der Waals surface area contributed by atoms with Crippen LogP contribution in [0.5, 0.6) is 0 Å². The molecule has 0 saturated carbocycles. The Morgan fingerprint density at radius 2 is 1.90 bits per heavy atom. The molecule has 0 spiro atoms. The topological polar surface area (TPSA) is 105 Å². The number of fused-ring (bicyclic) bond motifs is 1. The van der Waals surface area contributed by atoms with E-state index in [0.29, 0.717) is 19.3 Å². The zero-order valence-corrected chi connectivity index (χ0v) is 19.9. The van der Waals surface area contributed by atoms with E-state index in [1.807, 2.05) is 20.8 Å². The van der Waals surface area contributed by atoms with Crippen molar-refractivity contribution in [2.24, 2.45) is 5.73 Å². The van der Waals surface area contributed by atoms with Crippen LogP contribution in [0.25, 0.3) is 0 Å². The minimum absolute atomic E-state index is 0.113. The highest BCUT2D eigenvalue weighted by atomic mass is 16.2. The fourth-order valence-corrected chi connectivity index (χ4v) is 3.71. The molecule has 0 bridgehead atoms. The Hall–Kier alpha value is -2.41. The first-order valence-electron chi connectivity index (χ1n) is 11.4. The highest BCUT2D eigenvalue weighted by molar-refractivity contribution is 5.91. The molecule has 0 aromatic carbocycles. The second kappa shape index (κ2) is 17.3. The number of likely N-dealkylation sites (N-methyl/N-ethyl adjacent to an activating group) is 1. The van der Waals surface area contributed by atoms with Gasteiger partial charge in [-0.15, -0.1) is 0 Å². The number of carbonyl (C=O) groups excluding carboxylic acids is 3. The summed E-state index contributed by atoms with van der Waals surface area (Å²) in [7, 11) is 1.58. The van der Waals surface area contributed by atoms with E-state index in [9.17, 15) is 14.4 Å². The summed E-state index contributed by atoms with van der Waals surface area (Å²) in [5.41, 5.74) is 6.20. The Labute approximate surface area is 188 Å². The molecular weight excluding hydrogens is 392 g/mol. The number of nitrogens with one attached hydrogen (secondary N) is 2. The molecule has 7 heteroatoms. The smallest absolute Gasteiger partial charge is 0.246 e. The van der Waals surface area contributed by atoms with Crippen molar-refractivity contribution in [3.63, 3.8) is 0 Å². The number of carbonyl (C=O) groups is 3. The highest BCUT2D eigenvalue weighted by Crippen LogP contribution is 2.31. The maximum atomic E-state index is 12.4. The summed E-state index contributed by atoms with van der Waals surface area (Å²) in [6, 6.07) is -0.697. The molecule has 0 aromatic heterocycles. The molecule has 176 valence electrons. The van der Waals surface area contributed by atoms with Gasteiger partial charge in [0.1, 0.15) is 12.1 Å². The first-order chi connectivity index (χ1) is 15.0. The third kappa shape index (κ3) is 9.96. The molecule has 3 atom stereocenters. The largest absolute Gasteiger partial charge is 0.357 e. The fourth-order valence-electron chi connectivity index (χ4n) is 3.71. The van der Waals surface area contributed by atoms with Crippen molar-refractivity contribution < 1.29 is 14.4 Å². The lowest BCUT2D eigenvalue weighted by molar-refractivity contribution is -0.141. The predicted octanol–water partition coefficient (Wildman–Crippen LogP) is 2.83. The summed E-state index contributed by atoms with van der Waals surface area (Å²) < 4.78 is 0. The number of nitrogens with two attached hydrogens (primary N) is 1. The van der Waals surface area contributed by atoms with E-state index in [4.69, 9.17) is 5.73 Å². The quantitative estimate of drug-likeness (QED) is 0.594. The lowest BCUT2D eigenvalue weighted by Crippen LogP contribution is -2.53. The average molecular weight is 435 g/mol. The molecule has 3 aliphatic rings. The van der Waals surface area contributed by atoms with Gasteiger partial charge in [-0.3, -0.25) is 14.4 Å². The Kier molecular flexibility index (Phi) is 15.9. The van der Waals surface area contributed by atoms with E-state index in [2.05, 4.69) is 47.9 Å². The van der Waals surface area contributed by atoms with Gasteiger partial charge in [-0.25, -0.2) is 0 Å². The van der Waals surface area contributed by atoms with Crippen LogP contribution in [-0.4, -0.2) is 54.8 Å². The van der Waals surface area contributed by atoms with Crippen LogP contribution in [0.4, 0.5) is 0 Å². The van der Waals surface area contributed by atoms with Gasteiger partial charge in [-0.05, 0) is 52.0 Å². The number of hydrogen-bond donors (Lipinski definition) is 3. The van der Waals surface area contributed by atoms with Crippen LogP contribution in [0.15, 0.2) is 36.0 Å². The van der Waals surface area contributed by atoms with Crippen LogP contribution in [0, 0.1) is 0 Å². The van der Waals surface area contributed by atoms with Crippen molar-refractivity contribution in [3.8, 4) is 0 Å². The zero-order valence-electron chi connectivity index (χ0n) is 19.9. The van der Waals surface area contributed by atoms with Gasteiger partial charge in [0.25, 0.3) is 0 Å². The molecule has 2 aliphatic heterocycles. The van der Waals surface area contributed by atoms with E-state index in [1.165, 1.54) is 5.57 Å². The van der Waals surface area contributed by atoms with Crippen molar-refractivity contribution in [1.29, 1.82) is 0 Å². The Bertz CT molecular complexity index is 626. The van der Waals surface area contributed by atoms with Crippen molar-refractivity contribution in [2.75, 3.05) is 13.6 Å². The first-order valence-corrected chi connectivity index (χ1v) is 11.4. The van der Waals surface area contributed by atoms with Gasteiger partial charge < -0.3 is 21.3 Å². The van der Waals surface area contributed by atoms with E-state index in [0.717, 1.165) is 32.2 Å². The fraction of sp³-hybridized carbons (Fsp3) is 0.625. The highest BCUT2D eigenvalue weighted by Gasteiger charge is 2.43. The standard InChI is InChI=1S/C12H19N3O3.C8H10.C2H7N.C2H6/c1-13-11(17)10-6-5-8-3-2-4-9(14-7-16)12(18)15(8)10;1-8-6-4-2-3-5-7-8;1-2-3;1-2/h7-10H,2-6H2,1H3,(H,13,17)(H,14,16);2-4,6-7H,5H2,1H3;2-3H2,1H3;1-2H3. The molecule has 0 aromatic rings. The molecule has 3 rings (SSSR count). The van der Waals surface area contributed by atoms with Crippen molar-refractivity contribution >= 4 is 18.2 Å². The summed E-state index contributed by atoms with van der Waals surface area (Å²) in [6.07, 6.45) is 16.3. The minimum Gasteiger partial charge on any atom is -0.357 e. The lowest BCUT2D eigenvalue weighted by Gasteiger charge is -2.29. The lowest BCUT2D eigenvalue weighted by atomic mass is 10.1. The van der Waals surface area contributed by atoms with Crippen LogP contribution in [0.2, 0.25) is 0 Å². The van der Waals surface area contributed by atoms with Gasteiger partial charge in [0.05, 0.1) is 0 Å². The molecule has 4 N–H and O–H groups in total. The maximum absolute atomic E-state index is 12.4. The molecule has 0 radical (unpaired) electrons. The first kappa shape index (κ1) is 28.6. The number of allylic oxidation sites excluding steroid dienone is 6. The van der Waals surface area contributed by atoms with Gasteiger partial charge in [-0.2, -0.15) is 0 Å². The Balaban J connectivity index is 0.000000575. The number of hydrogen-bond acceptors (Lipinski definition) is 4. The van der Waals surface area contributed by atoms with Crippen LogP contribution >= 0.6 is 0 Å². The van der Waals surface area contributed by atoms with Crippen LogP contribution in [0.1, 0.15) is 66.2 Å². The van der Waals surface area contributed by atoms with Gasteiger partial charge >= 0.3 is 0 Å². The monoisotopic (exact) mass is 434 g/mol. The molecule has 3 unspecified atom stereocenters. The second-order valence-electron chi connectivity index (χ2n) is 7.25. The third-order valence-electron chi connectivity index (χ3n) is 5.09. The summed E-state index contributed by atoms with van der Waals surface area (Å²) in [4.78, 5) is 36.4. The van der Waals surface area contributed by atoms with Crippen molar-refractivity contribution in [2.45, 2.75) is 84.3 Å². The summed E-state index contributed by atoms with van der Waals surface area (Å²) in [6.45, 7) is 8.77. The Morgan fingerprint density at radius 3 is 2.52 bits per heavy atom. The van der Waals surface area contributed by atoms with Crippen molar-refractivity contribution in [1.82, 2.24) is 15.5 Å². The molecule has 1 aliphatic carbocycles. The SMILES string of the molecule is CC.CC1=CCC=CC=C1.CCN.CNC(=O)C1CCC2CCCC(NC=O)C(=O)N21. The predicted molar refractivity (Wildman–Crippen MR) is 127 cm³/mol. The van der Waals surface area contributed by atoms with E-state index in [-0.39, 0.29) is 23.9 Å². The maximum Gasteiger partial charge on any atom is 0.246 e. The molecule has 31 heavy (non-hydrogen) atoms. The number of amides is 3. The molecule has 2 fully saturated rings. The summed E-state index contributed by atoms with van der Waals surface area (Å²) >= 11 is 0.